The molecule has 0 N–H and O–H groups in total. The van der Waals surface area contributed by atoms with E-state index in [0.717, 1.165) is 5.52 Å². The number of imidazole rings is 1. The van der Waals surface area contributed by atoms with Gasteiger partial charge in [-0.15, -0.1) is 0 Å². The van der Waals surface area contributed by atoms with Crippen molar-refractivity contribution in [3.8, 4) is 0 Å². The molecular formula is C9H15N4Rf-. The molecule has 0 radical (unpaired) electrons. The van der Waals surface area contributed by atoms with Gasteiger partial charge in [0.2, 0.25) is 0 Å². The summed E-state index contributed by atoms with van der Waals surface area (Å²) in [7, 11) is 0. The SMILES string of the molecule is CC.CC.[Rf].c1ncc2nc[n-]c2n1. The normalized spacial score (nSPS) is 7.43. The van der Waals surface area contributed by atoms with Crippen LogP contribution in [0, 0.1) is 0 Å². The van der Waals surface area contributed by atoms with E-state index in [1.54, 1.807) is 6.20 Å². The van der Waals surface area contributed by atoms with Gasteiger partial charge in [0.05, 0.1) is 0 Å². The van der Waals surface area contributed by atoms with Gasteiger partial charge in [-0.05, 0) is 6.33 Å². The second-order valence-electron chi connectivity index (χ2n) is 1.61. The Balaban J connectivity index is 0. The molecule has 0 atom stereocenters. The molecule has 0 fully saturated rings. The molecule has 14 heavy (non-hydrogen) atoms. The molecule has 0 spiro atoms. The van der Waals surface area contributed by atoms with E-state index in [-0.39, 0.29) is 0 Å². The van der Waals surface area contributed by atoms with E-state index in [2.05, 4.69) is 19.9 Å². The van der Waals surface area contributed by atoms with Gasteiger partial charge in [0.15, 0.2) is 0 Å². The molecule has 0 bridgehead atoms. The van der Waals surface area contributed by atoms with Gasteiger partial charge in [-0.25, -0.2) is 0 Å². The van der Waals surface area contributed by atoms with Crippen molar-refractivity contribution in [2.45, 2.75) is 27.7 Å². The standard InChI is InChI=1S/C5H3N4.2C2H6.Rf/c1-4-5(8-2-6-1)9-3-7-4;2*1-2;/h1-3H;2*1-2H3;/q-1;;;. The molecule has 0 unspecified atom stereocenters. The van der Waals surface area contributed by atoms with E-state index >= 15 is 0 Å². The van der Waals surface area contributed by atoms with Crippen LogP contribution in [0.4, 0.5) is 0 Å². The zero-order valence-electron chi connectivity index (χ0n) is 9.23. The molecule has 0 aliphatic rings. The minimum atomic E-state index is 0. The van der Waals surface area contributed by atoms with Crippen LogP contribution in [0.5, 0.6) is 0 Å². The van der Waals surface area contributed by atoms with Crippen molar-refractivity contribution in [1.29, 1.82) is 0 Å². The molecule has 2 rings (SSSR count). The van der Waals surface area contributed by atoms with E-state index in [1.807, 2.05) is 27.7 Å². The maximum Gasteiger partial charge on any atom is 0.0462 e. The quantitative estimate of drug-likeness (QED) is 0.622. The van der Waals surface area contributed by atoms with Gasteiger partial charge in [-0.2, -0.15) is 0 Å². The van der Waals surface area contributed by atoms with Crippen molar-refractivity contribution >= 4 is 11.2 Å². The van der Waals surface area contributed by atoms with Crippen molar-refractivity contribution < 1.29 is 0 Å². The summed E-state index contributed by atoms with van der Waals surface area (Å²) < 4.78 is 0. The topological polar surface area (TPSA) is 52.8 Å². The van der Waals surface area contributed by atoms with E-state index in [4.69, 9.17) is 0 Å². The predicted octanol–water partition coefficient (Wildman–Crippen LogP) is 2.03. The van der Waals surface area contributed by atoms with Gasteiger partial charge in [0.25, 0.3) is 0 Å². The Morgan fingerprint density at radius 1 is 1.07 bits per heavy atom. The third kappa shape index (κ3) is 3.30. The Labute approximate surface area is 78.5 Å². The summed E-state index contributed by atoms with van der Waals surface area (Å²) in [6, 6.07) is 0. The van der Waals surface area contributed by atoms with Crippen LogP contribution in [-0.4, -0.2) is 15.0 Å². The van der Waals surface area contributed by atoms with Crippen molar-refractivity contribution in [3.05, 3.63) is 18.9 Å². The average molecular weight is 446 g/mol. The zero-order valence-corrected chi connectivity index (χ0v) is 15.6. The zero-order chi connectivity index (χ0) is 10.1. The molecule has 0 aromatic carbocycles. The van der Waals surface area contributed by atoms with Crippen LogP contribution < -0.4 is 4.98 Å². The molecule has 0 aliphatic heterocycles. The molecule has 0 aliphatic carbocycles. The molecule has 5 heteroatoms. The second kappa shape index (κ2) is 8.64. The number of aromatic nitrogens is 4. The fourth-order valence-corrected chi connectivity index (χ4v) is 0.652. The summed E-state index contributed by atoms with van der Waals surface area (Å²) in [5.41, 5.74) is 1.41. The maximum absolute atomic E-state index is 3.88. The number of hydrogen-bond acceptors (Lipinski definition) is 3. The van der Waals surface area contributed by atoms with Gasteiger partial charge in [0, 0.05) is 23.7 Å². The van der Waals surface area contributed by atoms with E-state index in [0.29, 0.717) is 5.65 Å². The Bertz CT molecular complexity index is 291. The van der Waals surface area contributed by atoms with Crippen LogP contribution in [0.3, 0.4) is 0 Å². The van der Waals surface area contributed by atoms with Crippen LogP contribution in [0.1, 0.15) is 27.7 Å². The first-order valence-electron chi connectivity index (χ1n) is 4.50. The van der Waals surface area contributed by atoms with Crippen LogP contribution in [-0.2, 0) is 0 Å². The molecule has 2 heterocycles. The average Bonchev–Trinajstić information content (AvgIpc) is 2.71. The summed E-state index contributed by atoms with van der Waals surface area (Å²) in [4.78, 5) is 15.4. The summed E-state index contributed by atoms with van der Waals surface area (Å²) in [6.07, 6.45) is 4.56. The van der Waals surface area contributed by atoms with Gasteiger partial charge in [-0.3, -0.25) is 4.98 Å². The molecule has 0 saturated carbocycles. The van der Waals surface area contributed by atoms with Gasteiger partial charge in [0.1, 0.15) is 0 Å². The van der Waals surface area contributed by atoms with E-state index in [9.17, 15) is 0 Å². The molecular weight excluding hydrogens is 431 g/mol. The fourth-order valence-electron chi connectivity index (χ4n) is 0.652. The molecule has 0 amide bonds. The fraction of sp³-hybridized carbons (Fsp3) is 0.444. The Morgan fingerprint density at radius 2 is 1.71 bits per heavy atom. The molecule has 0 saturated heterocycles. The summed E-state index contributed by atoms with van der Waals surface area (Å²) >= 11 is 0. The Morgan fingerprint density at radius 3 is 2.29 bits per heavy atom. The number of nitrogens with zero attached hydrogens (tertiary/aromatic N) is 4. The van der Waals surface area contributed by atoms with E-state index in [1.165, 1.54) is 12.7 Å². The largest absolute Gasteiger partial charge is 0.367 e. The first-order chi connectivity index (χ1) is 6.47. The van der Waals surface area contributed by atoms with Crippen LogP contribution in [0.2, 0.25) is 0 Å². The first-order valence-corrected chi connectivity index (χ1v) is 4.50. The van der Waals surface area contributed by atoms with Crippen molar-refractivity contribution in [3.63, 3.8) is 0 Å². The van der Waals surface area contributed by atoms with Gasteiger partial charge in [-0.1, -0.05) is 27.7 Å². The molecule has 2 aromatic heterocycles. The minimum absolute atomic E-state index is 0. The van der Waals surface area contributed by atoms with Crippen molar-refractivity contribution in [2.24, 2.45) is 0 Å². The second-order valence-corrected chi connectivity index (χ2v) is 1.61. The van der Waals surface area contributed by atoms with Crippen molar-refractivity contribution in [2.75, 3.05) is 0 Å². The monoisotopic (exact) mass is 446 g/mol. The third-order valence-electron chi connectivity index (χ3n) is 1.05. The molecule has 2 aromatic rings. The van der Waals surface area contributed by atoms with Crippen LogP contribution in [0.25, 0.3) is 11.2 Å². The van der Waals surface area contributed by atoms with Crippen LogP contribution in [0.15, 0.2) is 18.9 Å². The van der Waals surface area contributed by atoms with Crippen molar-refractivity contribution in [1.82, 2.24) is 19.9 Å². The summed E-state index contributed by atoms with van der Waals surface area (Å²) in [6.45, 7) is 8.00. The smallest absolute Gasteiger partial charge is 0.0462 e. The van der Waals surface area contributed by atoms with Gasteiger partial charge < -0.3 is 15.0 Å². The Hall–Kier alpha value is -2.45. The molecule has 74 valence electrons. The minimum Gasteiger partial charge on any atom is -0.367 e. The first kappa shape index (κ1) is 14.1. The Kier molecular flexibility index (Phi) is 8.70. The summed E-state index contributed by atoms with van der Waals surface area (Å²) in [5, 5.41) is 0. The maximum atomic E-state index is 3.88. The molecule has 4 nitrogen and oxygen atoms in total. The van der Waals surface area contributed by atoms with E-state index < -0.39 is 0 Å². The number of hydrogen-bond donors (Lipinski definition) is 0. The third-order valence-corrected chi connectivity index (χ3v) is 1.05. The predicted molar refractivity (Wildman–Crippen MR) is 53.3 cm³/mol. The number of rotatable bonds is 0. The number of fused-ring (bicyclic) bond motifs is 1. The summed E-state index contributed by atoms with van der Waals surface area (Å²) in [5.74, 6) is 0. The van der Waals surface area contributed by atoms with Gasteiger partial charge >= 0.3 is 0 Å². The van der Waals surface area contributed by atoms with Crippen LogP contribution >= 0.6 is 0 Å².